The second kappa shape index (κ2) is 5.43. The van der Waals surface area contributed by atoms with Gasteiger partial charge in [-0.15, -0.1) is 0 Å². The fourth-order valence-electron chi connectivity index (χ4n) is 1.53. The summed E-state index contributed by atoms with van der Waals surface area (Å²) >= 11 is 0. The lowest BCUT2D eigenvalue weighted by molar-refractivity contribution is 0.811. The number of benzene rings is 1. The zero-order chi connectivity index (χ0) is 12.1. The summed E-state index contributed by atoms with van der Waals surface area (Å²) in [4.78, 5) is 8.71. The largest absolute Gasteiger partial charge is 0.365 e. The lowest BCUT2D eigenvalue weighted by Crippen LogP contribution is -2.04. The first-order valence-corrected chi connectivity index (χ1v) is 5.85. The zero-order valence-corrected chi connectivity index (χ0v) is 10.2. The third-order valence-electron chi connectivity index (χ3n) is 2.56. The molecule has 0 saturated carbocycles. The van der Waals surface area contributed by atoms with Gasteiger partial charge in [-0.1, -0.05) is 44.2 Å². The van der Waals surface area contributed by atoms with Crippen molar-refractivity contribution in [3.05, 3.63) is 54.0 Å². The Kier molecular flexibility index (Phi) is 3.70. The van der Waals surface area contributed by atoms with Crippen LogP contribution in [-0.2, 0) is 6.54 Å². The minimum absolute atomic E-state index is 0.404. The maximum atomic E-state index is 4.51. The van der Waals surface area contributed by atoms with Gasteiger partial charge in [-0.05, 0) is 11.5 Å². The van der Waals surface area contributed by atoms with E-state index >= 15 is 0 Å². The topological polar surface area (TPSA) is 37.8 Å². The van der Waals surface area contributed by atoms with Gasteiger partial charge in [0.2, 0.25) is 0 Å². The Morgan fingerprint density at radius 1 is 1.12 bits per heavy atom. The molecule has 0 radical (unpaired) electrons. The van der Waals surface area contributed by atoms with E-state index < -0.39 is 0 Å². The fraction of sp³-hybridized carbons (Fsp3) is 0.286. The molecule has 0 fully saturated rings. The molecule has 0 bridgehead atoms. The Labute approximate surface area is 102 Å². The molecular weight excluding hydrogens is 210 g/mol. The number of nitrogens with zero attached hydrogens (tertiary/aromatic N) is 2. The molecule has 0 aliphatic heterocycles. The normalized spacial score (nSPS) is 10.5. The number of aromatic nitrogens is 2. The maximum Gasteiger partial charge on any atom is 0.145 e. The minimum atomic E-state index is 0.404. The van der Waals surface area contributed by atoms with E-state index in [2.05, 4.69) is 41.3 Å². The van der Waals surface area contributed by atoms with Crippen molar-refractivity contribution < 1.29 is 0 Å². The van der Waals surface area contributed by atoms with Crippen LogP contribution in [0.15, 0.2) is 42.7 Å². The van der Waals surface area contributed by atoms with E-state index in [9.17, 15) is 0 Å². The summed E-state index contributed by atoms with van der Waals surface area (Å²) in [6.07, 6.45) is 3.58. The Balaban J connectivity index is 2.02. The maximum absolute atomic E-state index is 4.51. The van der Waals surface area contributed by atoms with Gasteiger partial charge < -0.3 is 5.32 Å². The molecule has 0 amide bonds. The highest BCUT2D eigenvalue weighted by atomic mass is 15.0. The van der Waals surface area contributed by atoms with E-state index in [1.54, 1.807) is 6.20 Å². The average Bonchev–Trinajstić information content (AvgIpc) is 2.38. The number of nitrogens with one attached hydrogen (secondary N) is 1. The van der Waals surface area contributed by atoms with Crippen LogP contribution in [0.5, 0.6) is 0 Å². The third kappa shape index (κ3) is 3.28. The first kappa shape index (κ1) is 11.6. The smallest absolute Gasteiger partial charge is 0.145 e. The number of hydrogen-bond acceptors (Lipinski definition) is 3. The van der Waals surface area contributed by atoms with Gasteiger partial charge >= 0.3 is 0 Å². The van der Waals surface area contributed by atoms with Crippen LogP contribution in [0.25, 0.3) is 0 Å². The van der Waals surface area contributed by atoms with Gasteiger partial charge in [0.1, 0.15) is 5.82 Å². The summed E-state index contributed by atoms with van der Waals surface area (Å²) in [5, 5.41) is 3.28. The lowest BCUT2D eigenvalue weighted by Gasteiger charge is -2.08. The molecule has 0 saturated heterocycles. The van der Waals surface area contributed by atoms with E-state index in [1.807, 2.05) is 24.4 Å². The molecule has 3 heteroatoms. The van der Waals surface area contributed by atoms with Gasteiger partial charge in [-0.2, -0.15) is 0 Å². The van der Waals surface area contributed by atoms with E-state index in [0.29, 0.717) is 5.92 Å². The van der Waals surface area contributed by atoms with Crippen molar-refractivity contribution in [3.63, 3.8) is 0 Å². The average molecular weight is 227 g/mol. The Bertz CT molecular complexity index is 466. The van der Waals surface area contributed by atoms with Crippen LogP contribution < -0.4 is 5.32 Å². The van der Waals surface area contributed by atoms with Crippen LogP contribution in [-0.4, -0.2) is 9.97 Å². The molecule has 1 N–H and O–H groups in total. The molecule has 2 aromatic rings. The molecule has 0 unspecified atom stereocenters. The summed E-state index contributed by atoms with van der Waals surface area (Å²) in [6.45, 7) is 5.01. The first-order chi connectivity index (χ1) is 8.25. The molecule has 2 rings (SSSR count). The van der Waals surface area contributed by atoms with Gasteiger partial charge in [-0.25, -0.2) is 4.98 Å². The van der Waals surface area contributed by atoms with Gasteiger partial charge in [0.25, 0.3) is 0 Å². The highest BCUT2D eigenvalue weighted by Crippen LogP contribution is 2.12. The molecule has 0 atom stereocenters. The molecule has 0 aliphatic carbocycles. The standard InChI is InChI=1S/C14H17N3/c1-11(2)13-9-15-10-14(17-13)16-8-12-6-4-3-5-7-12/h3-7,9-11H,8H2,1-2H3,(H,16,17). The second-order valence-electron chi connectivity index (χ2n) is 4.32. The third-order valence-corrected chi connectivity index (χ3v) is 2.56. The Hall–Kier alpha value is -1.90. The molecule has 3 nitrogen and oxygen atoms in total. The van der Waals surface area contributed by atoms with E-state index in [4.69, 9.17) is 0 Å². The molecular formula is C14H17N3. The molecule has 1 heterocycles. The zero-order valence-electron chi connectivity index (χ0n) is 10.2. The SMILES string of the molecule is CC(C)c1cncc(NCc2ccccc2)n1. The Morgan fingerprint density at radius 2 is 1.88 bits per heavy atom. The fourth-order valence-corrected chi connectivity index (χ4v) is 1.53. The van der Waals surface area contributed by atoms with Gasteiger partial charge in [0, 0.05) is 12.7 Å². The van der Waals surface area contributed by atoms with Crippen molar-refractivity contribution in [3.8, 4) is 0 Å². The predicted octanol–water partition coefficient (Wildman–Crippen LogP) is 3.21. The van der Waals surface area contributed by atoms with Gasteiger partial charge in [0.15, 0.2) is 0 Å². The molecule has 17 heavy (non-hydrogen) atoms. The second-order valence-corrected chi connectivity index (χ2v) is 4.32. The van der Waals surface area contributed by atoms with Gasteiger partial charge in [-0.3, -0.25) is 4.98 Å². The quantitative estimate of drug-likeness (QED) is 0.871. The number of hydrogen-bond donors (Lipinski definition) is 1. The minimum Gasteiger partial charge on any atom is -0.365 e. The monoisotopic (exact) mass is 227 g/mol. The number of anilines is 1. The highest BCUT2D eigenvalue weighted by molar-refractivity contribution is 5.33. The first-order valence-electron chi connectivity index (χ1n) is 5.85. The van der Waals surface area contributed by atoms with Crippen molar-refractivity contribution in [2.45, 2.75) is 26.3 Å². The Morgan fingerprint density at radius 3 is 2.59 bits per heavy atom. The van der Waals surface area contributed by atoms with Crippen molar-refractivity contribution in [1.82, 2.24) is 9.97 Å². The molecule has 0 aliphatic rings. The highest BCUT2D eigenvalue weighted by Gasteiger charge is 2.02. The molecule has 1 aromatic carbocycles. The van der Waals surface area contributed by atoms with Crippen LogP contribution in [0.2, 0.25) is 0 Å². The summed E-state index contributed by atoms with van der Waals surface area (Å²) < 4.78 is 0. The summed E-state index contributed by atoms with van der Waals surface area (Å²) in [7, 11) is 0. The van der Waals surface area contributed by atoms with Gasteiger partial charge in [0.05, 0.1) is 11.9 Å². The molecule has 1 aromatic heterocycles. The predicted molar refractivity (Wildman–Crippen MR) is 69.9 cm³/mol. The lowest BCUT2D eigenvalue weighted by atomic mass is 10.1. The summed E-state index contributed by atoms with van der Waals surface area (Å²) in [5.74, 6) is 1.24. The van der Waals surface area contributed by atoms with E-state index in [1.165, 1.54) is 5.56 Å². The van der Waals surface area contributed by atoms with E-state index in [-0.39, 0.29) is 0 Å². The number of rotatable bonds is 4. The van der Waals surface area contributed by atoms with Crippen LogP contribution in [0.3, 0.4) is 0 Å². The van der Waals surface area contributed by atoms with Crippen LogP contribution in [0, 0.1) is 0 Å². The van der Waals surface area contributed by atoms with Crippen LogP contribution in [0.4, 0.5) is 5.82 Å². The van der Waals surface area contributed by atoms with E-state index in [0.717, 1.165) is 18.1 Å². The van der Waals surface area contributed by atoms with Crippen LogP contribution >= 0.6 is 0 Å². The summed E-state index contributed by atoms with van der Waals surface area (Å²) in [5.41, 5.74) is 2.26. The molecule has 0 spiro atoms. The van der Waals surface area contributed by atoms with Crippen molar-refractivity contribution >= 4 is 5.82 Å². The van der Waals surface area contributed by atoms with Crippen LogP contribution in [0.1, 0.15) is 31.0 Å². The molecule has 88 valence electrons. The van der Waals surface area contributed by atoms with Crippen molar-refractivity contribution in [1.29, 1.82) is 0 Å². The van der Waals surface area contributed by atoms with Crippen molar-refractivity contribution in [2.75, 3.05) is 5.32 Å². The summed E-state index contributed by atoms with van der Waals surface area (Å²) in [6, 6.07) is 10.3. The van der Waals surface area contributed by atoms with Crippen molar-refractivity contribution in [2.24, 2.45) is 0 Å².